The lowest BCUT2D eigenvalue weighted by atomic mass is 9.98. The van der Waals surface area contributed by atoms with Crippen LogP contribution in [0, 0.1) is 6.92 Å². The maximum absolute atomic E-state index is 6.49. The van der Waals surface area contributed by atoms with Crippen LogP contribution in [0.1, 0.15) is 16.7 Å². The Morgan fingerprint density at radius 1 is 0.682 bits per heavy atom. The highest BCUT2D eigenvalue weighted by Gasteiger charge is 2.05. The van der Waals surface area contributed by atoms with E-state index in [1.807, 2.05) is 6.07 Å². The second-order valence-electron chi connectivity index (χ2n) is 5.60. The van der Waals surface area contributed by atoms with Gasteiger partial charge in [0.25, 0.3) is 0 Å². The fourth-order valence-corrected chi connectivity index (χ4v) is 3.00. The summed E-state index contributed by atoms with van der Waals surface area (Å²) in [6.07, 6.45) is 2.00. The maximum atomic E-state index is 6.49. The van der Waals surface area contributed by atoms with Gasteiger partial charge in [0, 0.05) is 5.02 Å². The number of halogens is 1. The molecular formula is C21H19Cl. The molecule has 0 aliphatic rings. The van der Waals surface area contributed by atoms with Gasteiger partial charge in [-0.25, -0.2) is 0 Å². The van der Waals surface area contributed by atoms with Gasteiger partial charge >= 0.3 is 0 Å². The average molecular weight is 307 g/mol. The summed E-state index contributed by atoms with van der Waals surface area (Å²) in [6.45, 7) is 2.16. The molecule has 0 aliphatic carbocycles. The molecule has 110 valence electrons. The lowest BCUT2D eigenvalue weighted by Gasteiger charge is -2.09. The van der Waals surface area contributed by atoms with Crippen molar-refractivity contribution in [3.63, 3.8) is 0 Å². The quantitative estimate of drug-likeness (QED) is 0.546. The van der Waals surface area contributed by atoms with E-state index in [4.69, 9.17) is 11.6 Å². The third-order valence-corrected chi connectivity index (χ3v) is 4.44. The molecule has 3 aromatic carbocycles. The molecule has 0 radical (unpaired) electrons. The minimum atomic E-state index is 0.856. The molecule has 0 bridgehead atoms. The van der Waals surface area contributed by atoms with E-state index in [1.54, 1.807) is 0 Å². The minimum absolute atomic E-state index is 0.856. The summed E-state index contributed by atoms with van der Waals surface area (Å²) in [5, 5.41) is 0.856. The van der Waals surface area contributed by atoms with Crippen LogP contribution < -0.4 is 0 Å². The Bertz CT molecular complexity index is 760. The fraction of sp³-hybridized carbons (Fsp3) is 0.143. The van der Waals surface area contributed by atoms with E-state index < -0.39 is 0 Å². The van der Waals surface area contributed by atoms with Crippen molar-refractivity contribution >= 4 is 11.6 Å². The molecule has 0 aromatic heterocycles. The van der Waals surface area contributed by atoms with Crippen molar-refractivity contribution in [3.8, 4) is 11.1 Å². The second-order valence-corrected chi connectivity index (χ2v) is 6.01. The second kappa shape index (κ2) is 6.81. The summed E-state index contributed by atoms with van der Waals surface area (Å²) in [6, 6.07) is 25.3. The van der Waals surface area contributed by atoms with Crippen LogP contribution in [0.3, 0.4) is 0 Å². The van der Waals surface area contributed by atoms with Gasteiger partial charge in [-0.1, -0.05) is 78.3 Å². The first-order valence-corrected chi connectivity index (χ1v) is 8.00. The van der Waals surface area contributed by atoms with Crippen molar-refractivity contribution in [1.82, 2.24) is 0 Å². The largest absolute Gasteiger partial charge is 0.0840 e. The maximum Gasteiger partial charge on any atom is 0.0444 e. The Balaban J connectivity index is 1.77. The van der Waals surface area contributed by atoms with E-state index in [0.29, 0.717) is 0 Å². The van der Waals surface area contributed by atoms with E-state index in [-0.39, 0.29) is 0 Å². The van der Waals surface area contributed by atoms with Crippen LogP contribution in [-0.2, 0) is 12.8 Å². The highest BCUT2D eigenvalue weighted by Crippen LogP contribution is 2.26. The summed E-state index contributed by atoms with van der Waals surface area (Å²) in [5.74, 6) is 0. The van der Waals surface area contributed by atoms with Gasteiger partial charge in [-0.15, -0.1) is 0 Å². The first-order valence-electron chi connectivity index (χ1n) is 7.62. The Kier molecular flexibility index (Phi) is 4.60. The molecule has 0 atom stereocenters. The molecule has 3 rings (SSSR count). The van der Waals surface area contributed by atoms with Crippen molar-refractivity contribution in [2.75, 3.05) is 0 Å². The van der Waals surface area contributed by atoms with Gasteiger partial charge in [0.15, 0.2) is 0 Å². The monoisotopic (exact) mass is 306 g/mol. The van der Waals surface area contributed by atoms with Crippen LogP contribution in [0.4, 0.5) is 0 Å². The standard InChI is InChI=1S/C21H19Cl/c1-16-7-5-6-8-17(16)11-12-19-13-14-20(15-21(19)22)18-9-3-2-4-10-18/h2-10,13-15H,11-12H2,1H3. The first kappa shape index (κ1) is 14.9. The molecule has 0 fully saturated rings. The zero-order valence-corrected chi connectivity index (χ0v) is 13.5. The minimum Gasteiger partial charge on any atom is -0.0840 e. The summed E-state index contributed by atoms with van der Waals surface area (Å²) in [5.41, 5.74) is 6.33. The van der Waals surface area contributed by atoms with Gasteiger partial charge in [-0.3, -0.25) is 0 Å². The van der Waals surface area contributed by atoms with E-state index >= 15 is 0 Å². The van der Waals surface area contributed by atoms with Crippen molar-refractivity contribution < 1.29 is 0 Å². The summed E-state index contributed by atoms with van der Waals surface area (Å²) >= 11 is 6.49. The average Bonchev–Trinajstić information content (AvgIpc) is 2.56. The molecule has 0 N–H and O–H groups in total. The molecule has 22 heavy (non-hydrogen) atoms. The number of hydrogen-bond donors (Lipinski definition) is 0. The zero-order chi connectivity index (χ0) is 15.4. The van der Waals surface area contributed by atoms with Crippen LogP contribution in [0.5, 0.6) is 0 Å². The van der Waals surface area contributed by atoms with E-state index in [9.17, 15) is 0 Å². The molecule has 0 amide bonds. The van der Waals surface area contributed by atoms with Crippen LogP contribution in [0.15, 0.2) is 72.8 Å². The number of hydrogen-bond acceptors (Lipinski definition) is 0. The van der Waals surface area contributed by atoms with Crippen molar-refractivity contribution in [2.45, 2.75) is 19.8 Å². The van der Waals surface area contributed by atoms with Gasteiger partial charge < -0.3 is 0 Å². The Morgan fingerprint density at radius 2 is 1.36 bits per heavy atom. The van der Waals surface area contributed by atoms with Crippen LogP contribution in [-0.4, -0.2) is 0 Å². The van der Waals surface area contributed by atoms with Crippen LogP contribution in [0.25, 0.3) is 11.1 Å². The lowest BCUT2D eigenvalue weighted by molar-refractivity contribution is 0.949. The van der Waals surface area contributed by atoms with E-state index in [2.05, 4.69) is 73.7 Å². The predicted molar refractivity (Wildman–Crippen MR) is 95.5 cm³/mol. The van der Waals surface area contributed by atoms with E-state index in [0.717, 1.165) is 17.9 Å². The SMILES string of the molecule is Cc1ccccc1CCc1ccc(-c2ccccc2)cc1Cl. The molecule has 0 saturated carbocycles. The highest BCUT2D eigenvalue weighted by atomic mass is 35.5. The van der Waals surface area contributed by atoms with Gasteiger partial charge in [0.2, 0.25) is 0 Å². The molecular weight excluding hydrogens is 288 g/mol. The molecule has 0 saturated heterocycles. The van der Waals surface area contributed by atoms with Gasteiger partial charge in [-0.2, -0.15) is 0 Å². The fourth-order valence-electron chi connectivity index (χ4n) is 2.72. The summed E-state index contributed by atoms with van der Waals surface area (Å²) in [4.78, 5) is 0. The first-order chi connectivity index (χ1) is 10.7. The van der Waals surface area contributed by atoms with Crippen LogP contribution in [0.2, 0.25) is 5.02 Å². The number of aryl methyl sites for hydroxylation is 3. The van der Waals surface area contributed by atoms with E-state index in [1.165, 1.54) is 27.8 Å². The van der Waals surface area contributed by atoms with Crippen LogP contribution >= 0.6 is 11.6 Å². The van der Waals surface area contributed by atoms with Gasteiger partial charge in [0.1, 0.15) is 0 Å². The molecule has 0 heterocycles. The van der Waals surface area contributed by atoms with Crippen molar-refractivity contribution in [3.05, 3.63) is 94.5 Å². The molecule has 3 aromatic rings. The summed E-state index contributed by atoms with van der Waals surface area (Å²) < 4.78 is 0. The summed E-state index contributed by atoms with van der Waals surface area (Å²) in [7, 11) is 0. The third-order valence-electron chi connectivity index (χ3n) is 4.09. The Hall–Kier alpha value is -2.05. The van der Waals surface area contributed by atoms with Gasteiger partial charge in [0.05, 0.1) is 0 Å². The smallest absolute Gasteiger partial charge is 0.0444 e. The molecule has 0 spiro atoms. The Labute approximate surface area is 137 Å². The van der Waals surface area contributed by atoms with Crippen molar-refractivity contribution in [1.29, 1.82) is 0 Å². The normalized spacial score (nSPS) is 10.6. The zero-order valence-electron chi connectivity index (χ0n) is 12.7. The third kappa shape index (κ3) is 3.40. The predicted octanol–water partition coefficient (Wildman–Crippen LogP) is 6.10. The molecule has 0 nitrogen and oxygen atoms in total. The van der Waals surface area contributed by atoms with Crippen molar-refractivity contribution in [2.24, 2.45) is 0 Å². The topological polar surface area (TPSA) is 0 Å². The molecule has 0 aliphatic heterocycles. The molecule has 1 heteroatoms. The Morgan fingerprint density at radius 3 is 2.09 bits per heavy atom. The molecule has 0 unspecified atom stereocenters. The highest BCUT2D eigenvalue weighted by molar-refractivity contribution is 6.31. The van der Waals surface area contributed by atoms with Gasteiger partial charge in [-0.05, 0) is 53.6 Å². The number of benzene rings is 3. The number of rotatable bonds is 4. The lowest BCUT2D eigenvalue weighted by Crippen LogP contribution is -1.95.